The monoisotopic (exact) mass is 302 g/mol. The van der Waals surface area contributed by atoms with Crippen molar-refractivity contribution in [2.45, 2.75) is 0 Å². The molecule has 2 aromatic heterocycles. The van der Waals surface area contributed by atoms with Gasteiger partial charge in [0.25, 0.3) is 5.91 Å². The average molecular weight is 302 g/mol. The molecule has 2 heterocycles. The maximum Gasteiger partial charge on any atom is 0.276 e. The van der Waals surface area contributed by atoms with E-state index < -0.39 is 0 Å². The van der Waals surface area contributed by atoms with Crippen molar-refractivity contribution in [1.82, 2.24) is 9.97 Å². The van der Waals surface area contributed by atoms with Gasteiger partial charge in [0, 0.05) is 22.6 Å². The zero-order chi connectivity index (χ0) is 13.8. The molecule has 20 heavy (non-hydrogen) atoms. The van der Waals surface area contributed by atoms with E-state index in [4.69, 9.17) is 0 Å². The lowest BCUT2D eigenvalue weighted by molar-refractivity contribution is 0.102. The summed E-state index contributed by atoms with van der Waals surface area (Å²) >= 11 is 2.76. The molecule has 0 aliphatic carbocycles. The van der Waals surface area contributed by atoms with Gasteiger partial charge in [0.05, 0.1) is 0 Å². The Bertz CT molecular complexity index is 694. The number of para-hydroxylation sites is 1. The molecule has 0 bridgehead atoms. The van der Waals surface area contributed by atoms with E-state index in [2.05, 4.69) is 20.6 Å². The van der Waals surface area contributed by atoms with Crippen LogP contribution in [0.4, 0.5) is 16.0 Å². The van der Waals surface area contributed by atoms with Crippen molar-refractivity contribution in [1.29, 1.82) is 0 Å². The summed E-state index contributed by atoms with van der Waals surface area (Å²) in [5, 5.41) is 10.6. The number of nitrogens with zero attached hydrogens (tertiary/aromatic N) is 2. The highest BCUT2D eigenvalue weighted by Crippen LogP contribution is 2.21. The molecule has 5 nitrogen and oxygen atoms in total. The van der Waals surface area contributed by atoms with Crippen LogP contribution in [-0.4, -0.2) is 15.9 Å². The third-order valence-electron chi connectivity index (χ3n) is 2.41. The summed E-state index contributed by atoms with van der Waals surface area (Å²) in [6.45, 7) is 0. The van der Waals surface area contributed by atoms with E-state index in [1.165, 1.54) is 22.7 Å². The third-order valence-corrected chi connectivity index (χ3v) is 3.86. The van der Waals surface area contributed by atoms with Crippen LogP contribution in [0.3, 0.4) is 0 Å². The molecule has 0 radical (unpaired) electrons. The quantitative estimate of drug-likeness (QED) is 0.773. The highest BCUT2D eigenvalue weighted by Gasteiger charge is 2.12. The van der Waals surface area contributed by atoms with Crippen molar-refractivity contribution in [2.75, 3.05) is 10.6 Å². The van der Waals surface area contributed by atoms with Gasteiger partial charge >= 0.3 is 0 Å². The predicted molar refractivity (Wildman–Crippen MR) is 81.9 cm³/mol. The van der Waals surface area contributed by atoms with Crippen LogP contribution in [0.25, 0.3) is 0 Å². The standard InChI is InChI=1S/C13H10N4OS2/c18-11(17-12-14-6-7-19-12)10-8-20-13(16-10)15-9-4-2-1-3-5-9/h1-8H,(H,15,16)(H,14,17,18). The summed E-state index contributed by atoms with van der Waals surface area (Å²) in [6.07, 6.45) is 1.64. The van der Waals surface area contributed by atoms with Gasteiger partial charge in [-0.25, -0.2) is 9.97 Å². The number of hydrogen-bond donors (Lipinski definition) is 2. The van der Waals surface area contributed by atoms with E-state index in [-0.39, 0.29) is 5.91 Å². The second-order valence-corrected chi connectivity index (χ2v) is 5.57. The summed E-state index contributed by atoms with van der Waals surface area (Å²) < 4.78 is 0. The van der Waals surface area contributed by atoms with E-state index in [0.717, 1.165) is 5.69 Å². The van der Waals surface area contributed by atoms with E-state index >= 15 is 0 Å². The van der Waals surface area contributed by atoms with Crippen LogP contribution in [0.15, 0.2) is 47.3 Å². The van der Waals surface area contributed by atoms with Crippen molar-refractivity contribution in [2.24, 2.45) is 0 Å². The van der Waals surface area contributed by atoms with Crippen LogP contribution >= 0.6 is 22.7 Å². The first kappa shape index (κ1) is 12.8. The molecule has 0 spiro atoms. The number of carbonyl (C=O) groups excluding carboxylic acids is 1. The van der Waals surface area contributed by atoms with Gasteiger partial charge in [-0.3, -0.25) is 10.1 Å². The minimum Gasteiger partial charge on any atom is -0.332 e. The number of benzene rings is 1. The zero-order valence-corrected chi connectivity index (χ0v) is 11.9. The lowest BCUT2D eigenvalue weighted by atomic mass is 10.3. The average Bonchev–Trinajstić information content (AvgIpc) is 3.11. The van der Waals surface area contributed by atoms with Gasteiger partial charge in [-0.1, -0.05) is 18.2 Å². The van der Waals surface area contributed by atoms with Gasteiger partial charge < -0.3 is 5.32 Å². The molecule has 0 aliphatic heterocycles. The molecule has 0 atom stereocenters. The number of aromatic nitrogens is 2. The molecular formula is C13H10N4OS2. The van der Waals surface area contributed by atoms with Crippen molar-refractivity contribution in [3.8, 4) is 0 Å². The topological polar surface area (TPSA) is 66.9 Å². The van der Waals surface area contributed by atoms with E-state index in [0.29, 0.717) is 16.0 Å². The molecule has 0 aliphatic rings. The highest BCUT2D eigenvalue weighted by atomic mass is 32.1. The maximum absolute atomic E-state index is 11.9. The second kappa shape index (κ2) is 5.81. The lowest BCUT2D eigenvalue weighted by Gasteiger charge is -2.00. The molecule has 3 aromatic rings. The Morgan fingerprint density at radius 2 is 1.95 bits per heavy atom. The number of amides is 1. The molecule has 7 heteroatoms. The summed E-state index contributed by atoms with van der Waals surface area (Å²) in [5.41, 5.74) is 1.32. The SMILES string of the molecule is O=C(Nc1nccs1)c1csc(Nc2ccccc2)n1. The number of carbonyl (C=O) groups is 1. The highest BCUT2D eigenvalue weighted by molar-refractivity contribution is 7.14. The number of rotatable bonds is 4. The Kier molecular flexibility index (Phi) is 3.71. The van der Waals surface area contributed by atoms with Crippen LogP contribution < -0.4 is 10.6 Å². The normalized spacial score (nSPS) is 10.2. The first-order chi connectivity index (χ1) is 9.81. The number of hydrogen-bond acceptors (Lipinski definition) is 6. The molecule has 1 aromatic carbocycles. The smallest absolute Gasteiger partial charge is 0.276 e. The first-order valence-electron chi connectivity index (χ1n) is 5.80. The maximum atomic E-state index is 11.9. The zero-order valence-electron chi connectivity index (χ0n) is 10.2. The Hall–Kier alpha value is -2.25. The van der Waals surface area contributed by atoms with Crippen molar-refractivity contribution >= 4 is 44.5 Å². The Labute approximate surface area is 123 Å². The van der Waals surface area contributed by atoms with E-state index in [1.807, 2.05) is 30.3 Å². The number of nitrogens with one attached hydrogen (secondary N) is 2. The molecule has 1 amide bonds. The number of thiazole rings is 2. The largest absolute Gasteiger partial charge is 0.332 e. The summed E-state index contributed by atoms with van der Waals surface area (Å²) in [6, 6.07) is 9.70. The fourth-order valence-corrected chi connectivity index (χ4v) is 2.76. The van der Waals surface area contributed by atoms with Crippen molar-refractivity contribution in [3.05, 3.63) is 53.0 Å². The predicted octanol–water partition coefficient (Wildman–Crippen LogP) is 3.60. The summed E-state index contributed by atoms with van der Waals surface area (Å²) in [5.74, 6) is -0.252. The van der Waals surface area contributed by atoms with Crippen molar-refractivity contribution < 1.29 is 4.79 Å². The molecule has 0 fully saturated rings. The van der Waals surface area contributed by atoms with Gasteiger partial charge in [-0.05, 0) is 12.1 Å². The molecule has 0 saturated carbocycles. The van der Waals surface area contributed by atoms with Gasteiger partial charge in [0.15, 0.2) is 10.3 Å². The van der Waals surface area contributed by atoms with Crippen LogP contribution in [0.1, 0.15) is 10.5 Å². The molecule has 3 rings (SSSR count). The van der Waals surface area contributed by atoms with Crippen LogP contribution in [-0.2, 0) is 0 Å². The van der Waals surface area contributed by atoms with E-state index in [9.17, 15) is 4.79 Å². The Balaban J connectivity index is 1.69. The number of anilines is 3. The summed E-state index contributed by atoms with van der Waals surface area (Å²) in [7, 11) is 0. The minimum absolute atomic E-state index is 0.252. The van der Waals surface area contributed by atoms with Crippen LogP contribution in [0, 0.1) is 0 Å². The molecule has 0 saturated heterocycles. The third kappa shape index (κ3) is 3.01. The van der Waals surface area contributed by atoms with Gasteiger partial charge in [0.2, 0.25) is 0 Å². The van der Waals surface area contributed by atoms with Crippen LogP contribution in [0.2, 0.25) is 0 Å². The fraction of sp³-hybridized carbons (Fsp3) is 0. The lowest BCUT2D eigenvalue weighted by Crippen LogP contribution is -2.12. The van der Waals surface area contributed by atoms with Crippen molar-refractivity contribution in [3.63, 3.8) is 0 Å². The van der Waals surface area contributed by atoms with Gasteiger partial charge in [-0.15, -0.1) is 22.7 Å². The molecule has 0 unspecified atom stereocenters. The Morgan fingerprint density at radius 1 is 1.10 bits per heavy atom. The van der Waals surface area contributed by atoms with Gasteiger partial charge in [0.1, 0.15) is 5.69 Å². The first-order valence-corrected chi connectivity index (χ1v) is 7.55. The second-order valence-electron chi connectivity index (χ2n) is 3.82. The molecule has 2 N–H and O–H groups in total. The molecule has 100 valence electrons. The fourth-order valence-electron chi connectivity index (χ4n) is 1.53. The minimum atomic E-state index is -0.252. The Morgan fingerprint density at radius 3 is 2.70 bits per heavy atom. The van der Waals surface area contributed by atoms with Crippen LogP contribution in [0.5, 0.6) is 0 Å². The van der Waals surface area contributed by atoms with Gasteiger partial charge in [-0.2, -0.15) is 0 Å². The van der Waals surface area contributed by atoms with E-state index in [1.54, 1.807) is 17.0 Å². The summed E-state index contributed by atoms with van der Waals surface area (Å²) in [4.78, 5) is 20.2. The molecular weight excluding hydrogens is 292 g/mol.